The lowest BCUT2D eigenvalue weighted by Crippen LogP contribution is -2.28. The monoisotopic (exact) mass is 219 g/mol. The zero-order chi connectivity index (χ0) is 11.4. The highest BCUT2D eigenvalue weighted by molar-refractivity contribution is 5.75. The van der Waals surface area contributed by atoms with Crippen LogP contribution >= 0.6 is 0 Å². The summed E-state index contributed by atoms with van der Waals surface area (Å²) in [7, 11) is 0. The van der Waals surface area contributed by atoms with Gasteiger partial charge in [-0.1, -0.05) is 6.08 Å². The van der Waals surface area contributed by atoms with Crippen molar-refractivity contribution in [1.82, 2.24) is 14.9 Å². The van der Waals surface area contributed by atoms with E-state index in [1.165, 1.54) is 24.2 Å². The molecule has 1 amide bonds. The van der Waals surface area contributed by atoms with Crippen molar-refractivity contribution in [3.8, 4) is 0 Å². The smallest absolute Gasteiger partial charge is 0.240 e. The van der Waals surface area contributed by atoms with Crippen LogP contribution in [0.4, 0.5) is 0 Å². The SMILES string of the molecule is C=CCNC(=O)Cn1cnc2c1CCCC2. The number of amides is 1. The molecule has 1 heterocycles. The predicted octanol–water partition coefficient (Wildman–Crippen LogP) is 1.06. The summed E-state index contributed by atoms with van der Waals surface area (Å²) < 4.78 is 1.97. The van der Waals surface area contributed by atoms with Crippen LogP contribution in [0, 0.1) is 0 Å². The number of aromatic nitrogens is 2. The molecule has 2 rings (SSSR count). The molecule has 1 aliphatic carbocycles. The van der Waals surface area contributed by atoms with E-state index in [1.807, 2.05) is 4.57 Å². The fourth-order valence-corrected chi connectivity index (χ4v) is 2.06. The molecule has 4 heteroatoms. The first-order chi connectivity index (χ1) is 7.81. The number of hydrogen-bond donors (Lipinski definition) is 1. The summed E-state index contributed by atoms with van der Waals surface area (Å²) in [6, 6.07) is 0. The van der Waals surface area contributed by atoms with Crippen LogP contribution in [0.5, 0.6) is 0 Å². The molecule has 0 fully saturated rings. The van der Waals surface area contributed by atoms with Gasteiger partial charge in [-0.3, -0.25) is 4.79 Å². The van der Waals surface area contributed by atoms with Crippen LogP contribution in [-0.4, -0.2) is 22.0 Å². The van der Waals surface area contributed by atoms with Crippen molar-refractivity contribution in [1.29, 1.82) is 0 Å². The lowest BCUT2D eigenvalue weighted by Gasteiger charge is -2.13. The molecule has 1 aliphatic rings. The van der Waals surface area contributed by atoms with Crippen molar-refractivity contribution in [2.75, 3.05) is 6.54 Å². The van der Waals surface area contributed by atoms with E-state index < -0.39 is 0 Å². The maximum Gasteiger partial charge on any atom is 0.240 e. The molecular weight excluding hydrogens is 202 g/mol. The minimum absolute atomic E-state index is 0.0191. The van der Waals surface area contributed by atoms with Gasteiger partial charge in [-0.2, -0.15) is 0 Å². The summed E-state index contributed by atoms with van der Waals surface area (Å²) in [6.07, 6.45) is 7.98. The van der Waals surface area contributed by atoms with E-state index in [9.17, 15) is 4.79 Å². The maximum atomic E-state index is 11.5. The largest absolute Gasteiger partial charge is 0.351 e. The number of hydrogen-bond acceptors (Lipinski definition) is 2. The molecule has 86 valence electrons. The topological polar surface area (TPSA) is 46.9 Å². The first-order valence-corrected chi connectivity index (χ1v) is 5.71. The van der Waals surface area contributed by atoms with Crippen LogP contribution in [0.25, 0.3) is 0 Å². The number of fused-ring (bicyclic) bond motifs is 1. The highest BCUT2D eigenvalue weighted by atomic mass is 16.1. The Morgan fingerprint density at radius 1 is 1.56 bits per heavy atom. The van der Waals surface area contributed by atoms with Crippen LogP contribution in [0.3, 0.4) is 0 Å². The molecule has 0 aromatic carbocycles. The molecule has 1 N–H and O–H groups in total. The van der Waals surface area contributed by atoms with Gasteiger partial charge < -0.3 is 9.88 Å². The Labute approximate surface area is 95.4 Å². The Morgan fingerprint density at radius 2 is 2.38 bits per heavy atom. The summed E-state index contributed by atoms with van der Waals surface area (Å²) in [6.45, 7) is 4.46. The Balaban J connectivity index is 2.01. The average molecular weight is 219 g/mol. The minimum Gasteiger partial charge on any atom is -0.351 e. The van der Waals surface area contributed by atoms with Gasteiger partial charge in [-0.25, -0.2) is 4.98 Å². The van der Waals surface area contributed by atoms with Crippen molar-refractivity contribution < 1.29 is 4.79 Å². The standard InChI is InChI=1S/C12H17N3O/c1-2-7-13-12(16)8-15-9-14-10-5-3-4-6-11(10)15/h2,9H,1,3-8H2,(H,13,16). The number of carbonyl (C=O) groups is 1. The van der Waals surface area contributed by atoms with Gasteiger partial charge in [-0.05, 0) is 25.7 Å². The van der Waals surface area contributed by atoms with E-state index in [-0.39, 0.29) is 5.91 Å². The molecule has 1 aromatic heterocycles. The van der Waals surface area contributed by atoms with Gasteiger partial charge in [0.2, 0.25) is 5.91 Å². The molecule has 16 heavy (non-hydrogen) atoms. The molecule has 0 aliphatic heterocycles. The quantitative estimate of drug-likeness (QED) is 0.770. The number of imidazole rings is 1. The third kappa shape index (κ3) is 2.32. The van der Waals surface area contributed by atoms with E-state index in [1.54, 1.807) is 12.4 Å². The normalized spacial score (nSPS) is 14.2. The zero-order valence-corrected chi connectivity index (χ0v) is 9.41. The molecule has 0 spiro atoms. The number of nitrogens with one attached hydrogen (secondary N) is 1. The minimum atomic E-state index is 0.0191. The van der Waals surface area contributed by atoms with Crippen molar-refractivity contribution in [3.05, 3.63) is 30.4 Å². The van der Waals surface area contributed by atoms with Gasteiger partial charge in [0.1, 0.15) is 6.54 Å². The molecule has 0 atom stereocenters. The second kappa shape index (κ2) is 4.96. The predicted molar refractivity (Wildman–Crippen MR) is 62.1 cm³/mol. The Bertz CT molecular complexity index is 395. The highest BCUT2D eigenvalue weighted by Gasteiger charge is 2.16. The maximum absolute atomic E-state index is 11.5. The zero-order valence-electron chi connectivity index (χ0n) is 9.41. The van der Waals surface area contributed by atoms with Crippen molar-refractivity contribution >= 4 is 5.91 Å². The Morgan fingerprint density at radius 3 is 3.19 bits per heavy atom. The summed E-state index contributed by atoms with van der Waals surface area (Å²) in [5.41, 5.74) is 2.41. The second-order valence-corrected chi connectivity index (χ2v) is 4.07. The first kappa shape index (κ1) is 10.9. The molecule has 0 saturated carbocycles. The average Bonchev–Trinajstić information content (AvgIpc) is 2.70. The van der Waals surface area contributed by atoms with E-state index in [0.717, 1.165) is 12.8 Å². The van der Waals surface area contributed by atoms with Crippen molar-refractivity contribution in [2.24, 2.45) is 0 Å². The van der Waals surface area contributed by atoms with Crippen LogP contribution in [0.1, 0.15) is 24.2 Å². The van der Waals surface area contributed by atoms with Gasteiger partial charge in [0.15, 0.2) is 0 Å². The number of rotatable bonds is 4. The summed E-state index contributed by atoms with van der Waals surface area (Å²) >= 11 is 0. The number of carbonyl (C=O) groups excluding carboxylic acids is 1. The van der Waals surface area contributed by atoms with Gasteiger partial charge in [-0.15, -0.1) is 6.58 Å². The van der Waals surface area contributed by atoms with Crippen LogP contribution in [0.2, 0.25) is 0 Å². The lowest BCUT2D eigenvalue weighted by molar-refractivity contribution is -0.121. The molecule has 0 bridgehead atoms. The summed E-state index contributed by atoms with van der Waals surface area (Å²) in [5.74, 6) is 0.0191. The summed E-state index contributed by atoms with van der Waals surface area (Å²) in [4.78, 5) is 15.9. The van der Waals surface area contributed by atoms with Gasteiger partial charge in [0, 0.05) is 12.2 Å². The lowest BCUT2D eigenvalue weighted by atomic mass is 10.0. The molecule has 0 radical (unpaired) electrons. The second-order valence-electron chi connectivity index (χ2n) is 4.07. The van der Waals surface area contributed by atoms with Gasteiger partial charge in [0.05, 0.1) is 12.0 Å². The number of aryl methyl sites for hydroxylation is 1. The molecule has 0 saturated heterocycles. The third-order valence-electron chi connectivity index (χ3n) is 2.87. The summed E-state index contributed by atoms with van der Waals surface area (Å²) in [5, 5.41) is 2.77. The van der Waals surface area contributed by atoms with Crippen LogP contribution in [0.15, 0.2) is 19.0 Å². The van der Waals surface area contributed by atoms with Crippen molar-refractivity contribution in [3.63, 3.8) is 0 Å². The van der Waals surface area contributed by atoms with Gasteiger partial charge in [0.25, 0.3) is 0 Å². The number of nitrogens with zero attached hydrogens (tertiary/aromatic N) is 2. The molecule has 1 aromatic rings. The van der Waals surface area contributed by atoms with E-state index in [0.29, 0.717) is 13.1 Å². The first-order valence-electron chi connectivity index (χ1n) is 5.71. The molecule has 0 unspecified atom stereocenters. The van der Waals surface area contributed by atoms with E-state index in [2.05, 4.69) is 16.9 Å². The fourth-order valence-electron chi connectivity index (χ4n) is 2.06. The van der Waals surface area contributed by atoms with E-state index >= 15 is 0 Å². The van der Waals surface area contributed by atoms with Gasteiger partial charge >= 0.3 is 0 Å². The molecular formula is C12H17N3O. The van der Waals surface area contributed by atoms with Crippen molar-refractivity contribution in [2.45, 2.75) is 32.2 Å². The van der Waals surface area contributed by atoms with Crippen LogP contribution in [-0.2, 0) is 24.2 Å². The molecule has 4 nitrogen and oxygen atoms in total. The Hall–Kier alpha value is -1.58. The highest BCUT2D eigenvalue weighted by Crippen LogP contribution is 2.19. The fraction of sp³-hybridized carbons (Fsp3) is 0.500. The van der Waals surface area contributed by atoms with E-state index in [4.69, 9.17) is 0 Å². The third-order valence-corrected chi connectivity index (χ3v) is 2.87. The van der Waals surface area contributed by atoms with Crippen LogP contribution < -0.4 is 5.32 Å². The Kier molecular flexibility index (Phi) is 3.39.